The lowest BCUT2D eigenvalue weighted by molar-refractivity contribution is -0.0258. The minimum absolute atomic E-state index is 0.00699. The van der Waals surface area contributed by atoms with Gasteiger partial charge in [0.15, 0.2) is 0 Å². The fraction of sp³-hybridized carbons (Fsp3) is 0.235. The molecule has 2 aromatic rings. The minimum Gasteiger partial charge on any atom is -0.454 e. The van der Waals surface area contributed by atoms with Gasteiger partial charge in [-0.1, -0.05) is 34.3 Å². The first-order valence-electron chi connectivity index (χ1n) is 7.36. The monoisotopic (exact) mass is 383 g/mol. The van der Waals surface area contributed by atoms with Crippen molar-refractivity contribution in [3.8, 4) is 0 Å². The summed E-state index contributed by atoms with van der Waals surface area (Å²) in [6.45, 7) is 1.71. The third kappa shape index (κ3) is 4.38. The molecule has 0 bridgehead atoms. The molecule has 0 saturated heterocycles. The maximum atomic E-state index is 12.2. The van der Waals surface area contributed by atoms with Gasteiger partial charge >= 0.3 is 5.97 Å². The van der Waals surface area contributed by atoms with E-state index in [1.54, 1.807) is 31.2 Å². The van der Waals surface area contributed by atoms with E-state index in [0.717, 1.165) is 4.47 Å². The van der Waals surface area contributed by atoms with Gasteiger partial charge in [0, 0.05) is 17.6 Å². The highest BCUT2D eigenvalue weighted by molar-refractivity contribution is 7.89. The number of rotatable bonds is 6. The van der Waals surface area contributed by atoms with Crippen LogP contribution >= 0.6 is 11.6 Å². The van der Waals surface area contributed by atoms with Crippen LogP contribution in [0.2, 0.25) is 5.02 Å². The van der Waals surface area contributed by atoms with Crippen molar-refractivity contribution in [1.82, 2.24) is 4.47 Å². The minimum atomic E-state index is -3.76. The fourth-order valence-electron chi connectivity index (χ4n) is 2.11. The van der Waals surface area contributed by atoms with Gasteiger partial charge in [0.1, 0.15) is 6.10 Å². The molecule has 0 saturated carbocycles. The molecule has 0 radical (unpaired) electrons. The molecule has 0 amide bonds. The number of ether oxygens (including phenoxy) is 1. The second-order valence-electron chi connectivity index (χ2n) is 5.19. The van der Waals surface area contributed by atoms with Crippen LogP contribution in [0.1, 0.15) is 28.9 Å². The molecule has 0 aliphatic rings. The van der Waals surface area contributed by atoms with Crippen molar-refractivity contribution < 1.29 is 22.8 Å². The van der Waals surface area contributed by atoms with Crippen molar-refractivity contribution in [3.63, 3.8) is 0 Å². The number of sulfonamides is 1. The molecule has 25 heavy (non-hydrogen) atoms. The second kappa shape index (κ2) is 7.97. The van der Waals surface area contributed by atoms with Crippen LogP contribution < -0.4 is 0 Å². The Bertz CT molecular complexity index is 852. The summed E-state index contributed by atoms with van der Waals surface area (Å²) in [5.74, 6) is -0.573. The Balaban J connectivity index is 2.15. The molecule has 0 heterocycles. The van der Waals surface area contributed by atoms with Gasteiger partial charge < -0.3 is 4.74 Å². The molecule has 0 aromatic heterocycles. The van der Waals surface area contributed by atoms with Crippen LogP contribution in [0.4, 0.5) is 0 Å². The quantitative estimate of drug-likeness (QED) is 0.564. The molecule has 0 aliphatic carbocycles. The van der Waals surface area contributed by atoms with E-state index >= 15 is 0 Å². The summed E-state index contributed by atoms with van der Waals surface area (Å²) >= 11 is 6.09. The van der Waals surface area contributed by atoms with Crippen LogP contribution in [-0.4, -0.2) is 33.0 Å². The maximum absolute atomic E-state index is 12.2. The summed E-state index contributed by atoms with van der Waals surface area (Å²) in [6.07, 6.45) is -0.538. The zero-order valence-corrected chi connectivity index (χ0v) is 15.5. The standard InChI is InChI=1S/C17H18ClNO5S/c1-12(15-6-4-5-7-16(15)18)24-17(20)13-8-10-14(11-9-13)25(21,22)19(2)23-3/h4-12H,1-3H3/t12-/m1/s1. The molecule has 0 fully saturated rings. The number of hydrogen-bond acceptors (Lipinski definition) is 5. The van der Waals surface area contributed by atoms with Gasteiger partial charge in [-0.3, -0.25) is 4.84 Å². The zero-order chi connectivity index (χ0) is 18.6. The zero-order valence-electron chi connectivity index (χ0n) is 14.0. The first-order valence-corrected chi connectivity index (χ1v) is 9.17. The number of hydroxylamine groups is 1. The highest BCUT2D eigenvalue weighted by Crippen LogP contribution is 2.26. The summed E-state index contributed by atoms with van der Waals surface area (Å²) in [7, 11) is -1.23. The SMILES string of the molecule is CON(C)S(=O)(=O)c1ccc(C(=O)O[C@H](C)c2ccccc2Cl)cc1. The second-order valence-corrected chi connectivity index (χ2v) is 7.53. The molecular weight excluding hydrogens is 366 g/mol. The van der Waals surface area contributed by atoms with Crippen molar-refractivity contribution in [1.29, 1.82) is 0 Å². The van der Waals surface area contributed by atoms with E-state index in [4.69, 9.17) is 21.2 Å². The molecule has 0 aliphatic heterocycles. The van der Waals surface area contributed by atoms with Crippen LogP contribution in [0, 0.1) is 0 Å². The third-order valence-electron chi connectivity index (χ3n) is 3.61. The third-order valence-corrected chi connectivity index (χ3v) is 5.65. The van der Waals surface area contributed by atoms with Gasteiger partial charge in [-0.05, 0) is 37.3 Å². The average molecular weight is 384 g/mol. The number of nitrogens with zero attached hydrogens (tertiary/aromatic N) is 1. The normalized spacial score (nSPS) is 12.8. The Hall–Kier alpha value is -1.93. The van der Waals surface area contributed by atoms with Crippen LogP contribution in [0.25, 0.3) is 0 Å². The van der Waals surface area contributed by atoms with Gasteiger partial charge in [0.25, 0.3) is 10.0 Å². The lowest BCUT2D eigenvalue weighted by Crippen LogP contribution is -2.25. The smallest absolute Gasteiger partial charge is 0.338 e. The van der Waals surface area contributed by atoms with Gasteiger partial charge in [-0.15, -0.1) is 0 Å². The first-order chi connectivity index (χ1) is 11.8. The lowest BCUT2D eigenvalue weighted by atomic mass is 10.1. The molecule has 6 nitrogen and oxygen atoms in total. The van der Waals surface area contributed by atoms with Crippen LogP contribution in [-0.2, 0) is 19.6 Å². The molecule has 8 heteroatoms. The summed E-state index contributed by atoms with van der Waals surface area (Å²) in [6, 6.07) is 12.5. The number of carbonyl (C=O) groups excluding carboxylic acids is 1. The number of benzene rings is 2. The number of carbonyl (C=O) groups is 1. The summed E-state index contributed by atoms with van der Waals surface area (Å²) in [5.41, 5.74) is 0.927. The van der Waals surface area contributed by atoms with Crippen LogP contribution in [0.15, 0.2) is 53.4 Å². The molecule has 0 N–H and O–H groups in total. The Morgan fingerprint density at radius 1 is 1.12 bits per heavy atom. The van der Waals surface area contributed by atoms with E-state index < -0.39 is 22.1 Å². The molecule has 134 valence electrons. The topological polar surface area (TPSA) is 72.9 Å². The Morgan fingerprint density at radius 3 is 2.28 bits per heavy atom. The summed E-state index contributed by atoms with van der Waals surface area (Å²) < 4.78 is 30.4. The Morgan fingerprint density at radius 2 is 1.72 bits per heavy atom. The molecule has 0 spiro atoms. The van der Waals surface area contributed by atoms with E-state index in [-0.39, 0.29) is 10.5 Å². The molecule has 1 atom stereocenters. The lowest BCUT2D eigenvalue weighted by Gasteiger charge is -2.16. The maximum Gasteiger partial charge on any atom is 0.338 e. The average Bonchev–Trinajstić information content (AvgIpc) is 2.61. The van der Waals surface area contributed by atoms with Crippen molar-refractivity contribution in [2.45, 2.75) is 17.9 Å². The van der Waals surface area contributed by atoms with Gasteiger partial charge in [0.2, 0.25) is 0 Å². The summed E-state index contributed by atoms with van der Waals surface area (Å²) in [4.78, 5) is 16.9. The highest BCUT2D eigenvalue weighted by atomic mass is 35.5. The Kier molecular flexibility index (Phi) is 6.18. The van der Waals surface area contributed by atoms with E-state index in [9.17, 15) is 13.2 Å². The van der Waals surface area contributed by atoms with Crippen molar-refractivity contribution in [2.75, 3.05) is 14.2 Å². The first kappa shape index (κ1) is 19.4. The predicted octanol–water partition coefficient (Wildman–Crippen LogP) is 3.44. The Labute approximate surface area is 151 Å². The molecular formula is C17H18ClNO5S. The molecule has 2 rings (SSSR count). The van der Waals surface area contributed by atoms with Gasteiger partial charge in [0.05, 0.1) is 17.6 Å². The van der Waals surface area contributed by atoms with Crippen molar-refractivity contribution in [3.05, 3.63) is 64.7 Å². The van der Waals surface area contributed by atoms with E-state index in [0.29, 0.717) is 10.6 Å². The van der Waals surface area contributed by atoms with Crippen LogP contribution in [0.5, 0.6) is 0 Å². The molecule has 0 unspecified atom stereocenters. The van der Waals surface area contributed by atoms with Crippen molar-refractivity contribution in [2.24, 2.45) is 0 Å². The van der Waals surface area contributed by atoms with Gasteiger partial charge in [-0.25, -0.2) is 13.2 Å². The fourth-order valence-corrected chi connectivity index (χ4v) is 3.37. The number of hydrogen-bond donors (Lipinski definition) is 0. The number of esters is 1. The van der Waals surface area contributed by atoms with Gasteiger partial charge in [-0.2, -0.15) is 0 Å². The summed E-state index contributed by atoms with van der Waals surface area (Å²) in [5, 5.41) is 0.506. The largest absolute Gasteiger partial charge is 0.454 e. The highest BCUT2D eigenvalue weighted by Gasteiger charge is 2.22. The van der Waals surface area contributed by atoms with E-state index in [2.05, 4.69) is 0 Å². The number of halogens is 1. The van der Waals surface area contributed by atoms with Crippen molar-refractivity contribution >= 4 is 27.6 Å². The van der Waals surface area contributed by atoms with Crippen LogP contribution in [0.3, 0.4) is 0 Å². The van der Waals surface area contributed by atoms with E-state index in [1.807, 2.05) is 0 Å². The molecule has 2 aromatic carbocycles. The predicted molar refractivity (Wildman–Crippen MR) is 93.7 cm³/mol. The van der Waals surface area contributed by atoms with E-state index in [1.165, 1.54) is 38.4 Å².